The Morgan fingerprint density at radius 2 is 2.05 bits per heavy atom. The van der Waals surface area contributed by atoms with E-state index in [0.29, 0.717) is 6.61 Å². The average Bonchev–Trinajstić information content (AvgIpc) is 2.47. The quantitative estimate of drug-likeness (QED) is 0.505. The number of unbranched alkanes of at least 4 members (excludes halogenated alkanes) is 4. The van der Waals surface area contributed by atoms with Gasteiger partial charge in [-0.15, -0.1) is 0 Å². The van der Waals surface area contributed by atoms with E-state index in [1.54, 1.807) is 6.92 Å². The number of nitrogens with one attached hydrogen (secondary N) is 1. The van der Waals surface area contributed by atoms with E-state index in [1.165, 1.54) is 32.1 Å². The van der Waals surface area contributed by atoms with Crippen LogP contribution in [-0.4, -0.2) is 36.4 Å². The van der Waals surface area contributed by atoms with Crippen LogP contribution in [0.1, 0.15) is 65.2 Å². The first kappa shape index (κ1) is 17.4. The highest BCUT2D eigenvalue weighted by Crippen LogP contribution is 2.25. The minimum absolute atomic E-state index is 0.00831. The molecule has 4 heteroatoms. The van der Waals surface area contributed by atoms with Gasteiger partial charge in [0.15, 0.2) is 6.10 Å². The Kier molecular flexibility index (Phi) is 8.86. The van der Waals surface area contributed by atoms with Gasteiger partial charge in [-0.1, -0.05) is 39.0 Å². The van der Waals surface area contributed by atoms with Gasteiger partial charge >= 0.3 is 5.97 Å². The second-order valence-electron chi connectivity index (χ2n) is 5.77. The maximum absolute atomic E-state index is 11.7. The van der Waals surface area contributed by atoms with Gasteiger partial charge in [-0.05, 0) is 32.7 Å². The zero-order valence-corrected chi connectivity index (χ0v) is 13.1. The van der Waals surface area contributed by atoms with E-state index in [9.17, 15) is 9.90 Å². The molecule has 2 N–H and O–H groups in total. The number of carbonyl (C=O) groups excluding carboxylic acids is 1. The molecule has 20 heavy (non-hydrogen) atoms. The summed E-state index contributed by atoms with van der Waals surface area (Å²) in [6.45, 7) is 5.31. The van der Waals surface area contributed by atoms with Crippen molar-refractivity contribution in [2.45, 2.75) is 77.4 Å². The molecule has 1 aliphatic heterocycles. The first-order valence-electron chi connectivity index (χ1n) is 8.28. The third-order valence-corrected chi connectivity index (χ3v) is 4.19. The van der Waals surface area contributed by atoms with Crippen LogP contribution >= 0.6 is 0 Å². The van der Waals surface area contributed by atoms with Crippen molar-refractivity contribution in [2.75, 3.05) is 13.2 Å². The van der Waals surface area contributed by atoms with Crippen LogP contribution in [0.4, 0.5) is 0 Å². The van der Waals surface area contributed by atoms with Gasteiger partial charge < -0.3 is 15.2 Å². The van der Waals surface area contributed by atoms with Gasteiger partial charge in [0.05, 0.1) is 6.61 Å². The first-order valence-corrected chi connectivity index (χ1v) is 8.28. The highest BCUT2D eigenvalue weighted by atomic mass is 16.5. The van der Waals surface area contributed by atoms with E-state index in [0.717, 1.165) is 25.8 Å². The second kappa shape index (κ2) is 10.2. The summed E-state index contributed by atoms with van der Waals surface area (Å²) in [7, 11) is 0. The van der Waals surface area contributed by atoms with E-state index < -0.39 is 12.1 Å². The SMILES string of the molecule is CCCCCCC[C@@H]1NCCC[C@@H]1[C@@H](O)C(=O)OCC. The Balaban J connectivity index is 2.39. The summed E-state index contributed by atoms with van der Waals surface area (Å²) in [5, 5.41) is 13.6. The van der Waals surface area contributed by atoms with Crippen molar-refractivity contribution in [3.63, 3.8) is 0 Å². The number of piperidine rings is 1. The van der Waals surface area contributed by atoms with Crippen LogP contribution in [0, 0.1) is 5.92 Å². The number of carbonyl (C=O) groups is 1. The zero-order chi connectivity index (χ0) is 14.8. The smallest absolute Gasteiger partial charge is 0.335 e. The summed E-state index contributed by atoms with van der Waals surface area (Å²) in [4.78, 5) is 11.7. The maximum atomic E-state index is 11.7. The summed E-state index contributed by atoms with van der Waals surface area (Å²) >= 11 is 0. The van der Waals surface area contributed by atoms with E-state index in [2.05, 4.69) is 12.2 Å². The van der Waals surface area contributed by atoms with Gasteiger partial charge in [0.1, 0.15) is 0 Å². The highest BCUT2D eigenvalue weighted by molar-refractivity contribution is 5.74. The van der Waals surface area contributed by atoms with Crippen LogP contribution in [-0.2, 0) is 9.53 Å². The van der Waals surface area contributed by atoms with Gasteiger partial charge in [-0.2, -0.15) is 0 Å². The number of ether oxygens (including phenoxy) is 1. The molecular formula is C16H31NO3. The molecule has 0 bridgehead atoms. The zero-order valence-electron chi connectivity index (χ0n) is 13.1. The maximum Gasteiger partial charge on any atom is 0.335 e. The number of hydrogen-bond donors (Lipinski definition) is 2. The third kappa shape index (κ3) is 5.80. The molecule has 1 fully saturated rings. The van der Waals surface area contributed by atoms with Crippen molar-refractivity contribution < 1.29 is 14.6 Å². The number of rotatable bonds is 9. The molecular weight excluding hydrogens is 254 g/mol. The molecule has 1 rings (SSSR count). The lowest BCUT2D eigenvalue weighted by molar-refractivity contribution is -0.157. The normalized spacial score (nSPS) is 24.4. The first-order chi connectivity index (χ1) is 9.70. The van der Waals surface area contributed by atoms with Crippen LogP contribution in [0.15, 0.2) is 0 Å². The summed E-state index contributed by atoms with van der Waals surface area (Å²) in [6, 6.07) is 0.254. The molecule has 1 aliphatic rings. The minimum atomic E-state index is -0.969. The second-order valence-corrected chi connectivity index (χ2v) is 5.77. The molecule has 4 nitrogen and oxygen atoms in total. The molecule has 0 radical (unpaired) electrons. The molecule has 1 heterocycles. The van der Waals surface area contributed by atoms with Gasteiger partial charge in [-0.25, -0.2) is 4.79 Å². The van der Waals surface area contributed by atoms with Crippen molar-refractivity contribution in [3.05, 3.63) is 0 Å². The lowest BCUT2D eigenvalue weighted by Crippen LogP contribution is -2.48. The predicted octanol–water partition coefficient (Wildman–Crippen LogP) is 2.64. The molecule has 118 valence electrons. The van der Waals surface area contributed by atoms with Crippen LogP contribution in [0.3, 0.4) is 0 Å². The highest BCUT2D eigenvalue weighted by Gasteiger charge is 2.34. The van der Waals surface area contributed by atoms with Crippen LogP contribution in [0.25, 0.3) is 0 Å². The monoisotopic (exact) mass is 285 g/mol. The fourth-order valence-electron chi connectivity index (χ4n) is 3.04. The van der Waals surface area contributed by atoms with Crippen molar-refractivity contribution >= 4 is 5.97 Å². The molecule has 3 atom stereocenters. The molecule has 0 spiro atoms. The fourth-order valence-corrected chi connectivity index (χ4v) is 3.04. The van der Waals surface area contributed by atoms with E-state index in [-0.39, 0.29) is 12.0 Å². The lowest BCUT2D eigenvalue weighted by atomic mass is 9.83. The summed E-state index contributed by atoms with van der Waals surface area (Å²) in [5.74, 6) is -0.453. The molecule has 0 aliphatic carbocycles. The van der Waals surface area contributed by atoms with Crippen LogP contribution in [0.2, 0.25) is 0 Å². The van der Waals surface area contributed by atoms with Gasteiger partial charge in [0.2, 0.25) is 0 Å². The fraction of sp³-hybridized carbons (Fsp3) is 0.938. The van der Waals surface area contributed by atoms with Gasteiger partial charge in [-0.3, -0.25) is 0 Å². The third-order valence-electron chi connectivity index (χ3n) is 4.19. The van der Waals surface area contributed by atoms with E-state index in [1.807, 2.05) is 0 Å². The molecule has 0 unspecified atom stereocenters. The Bertz CT molecular complexity index is 270. The minimum Gasteiger partial charge on any atom is -0.464 e. The van der Waals surface area contributed by atoms with Crippen LogP contribution < -0.4 is 5.32 Å². The molecule has 1 saturated heterocycles. The van der Waals surface area contributed by atoms with Crippen molar-refractivity contribution in [1.82, 2.24) is 5.32 Å². The summed E-state index contributed by atoms with van der Waals surface area (Å²) in [5.41, 5.74) is 0. The Hall–Kier alpha value is -0.610. The van der Waals surface area contributed by atoms with Gasteiger partial charge in [0.25, 0.3) is 0 Å². The van der Waals surface area contributed by atoms with E-state index in [4.69, 9.17) is 4.74 Å². The molecule has 0 aromatic heterocycles. The van der Waals surface area contributed by atoms with E-state index >= 15 is 0 Å². The number of esters is 1. The van der Waals surface area contributed by atoms with Crippen molar-refractivity contribution in [3.8, 4) is 0 Å². The van der Waals surface area contributed by atoms with Crippen LogP contribution in [0.5, 0.6) is 0 Å². The predicted molar refractivity (Wildman–Crippen MR) is 80.5 cm³/mol. The molecule has 0 amide bonds. The van der Waals surface area contributed by atoms with Crippen molar-refractivity contribution in [1.29, 1.82) is 0 Å². The van der Waals surface area contributed by atoms with Crippen molar-refractivity contribution in [2.24, 2.45) is 5.92 Å². The topological polar surface area (TPSA) is 58.6 Å². The Morgan fingerprint density at radius 3 is 2.75 bits per heavy atom. The molecule has 0 aromatic rings. The summed E-state index contributed by atoms with van der Waals surface area (Å²) in [6.07, 6.45) is 8.26. The average molecular weight is 285 g/mol. The lowest BCUT2D eigenvalue weighted by Gasteiger charge is -2.34. The number of hydrogen-bond acceptors (Lipinski definition) is 4. The standard InChI is InChI=1S/C16H31NO3/c1-3-5-6-7-8-11-14-13(10-9-12-17-14)15(18)16(19)20-4-2/h13-15,17-18H,3-12H2,1-2H3/t13-,14-,15+/m0/s1. The Labute approximate surface area is 123 Å². The van der Waals surface area contributed by atoms with Gasteiger partial charge in [0, 0.05) is 12.0 Å². The molecule has 0 aromatic carbocycles. The largest absolute Gasteiger partial charge is 0.464 e. The number of aliphatic hydroxyl groups excluding tert-OH is 1. The molecule has 0 saturated carbocycles. The summed E-state index contributed by atoms with van der Waals surface area (Å²) < 4.78 is 4.95. The number of aliphatic hydroxyl groups is 1. The Morgan fingerprint density at radius 1 is 1.30 bits per heavy atom.